The summed E-state index contributed by atoms with van der Waals surface area (Å²) >= 11 is 3.39. The number of carbonyl (C=O) groups excluding carboxylic acids is 3. The van der Waals surface area contributed by atoms with Crippen LogP contribution in [0, 0.1) is 5.82 Å². The van der Waals surface area contributed by atoms with Gasteiger partial charge in [-0.1, -0.05) is 34.1 Å². The van der Waals surface area contributed by atoms with Crippen LogP contribution in [0.5, 0.6) is 0 Å². The number of amides is 4. The standard InChI is InChI=1S/C25H24BrFN4O8S/c26-17-3-6-20-16(11-17)7-9-25(20)22(33)31(24(36)39-25)14-21(32)30(12-15-1-4-18(27)5-2-15)19-8-10-29(13-19)40(37,38)28-23(34)35/h1-6,11,19,28H,7-10,12-14H2,(H,34,35)/t19-,25-/m1/s1. The molecule has 5 rings (SSSR count). The number of fused-ring (bicyclic) bond motifs is 2. The van der Waals surface area contributed by atoms with Crippen LogP contribution in [-0.2, 0) is 43.1 Å². The minimum Gasteiger partial charge on any atom is -0.464 e. The molecule has 0 unspecified atom stereocenters. The molecule has 0 radical (unpaired) electrons. The highest BCUT2D eigenvalue weighted by Gasteiger charge is 2.58. The van der Waals surface area contributed by atoms with Crippen LogP contribution in [0.2, 0.25) is 0 Å². The van der Waals surface area contributed by atoms with Crippen molar-refractivity contribution in [3.05, 3.63) is 69.4 Å². The number of benzene rings is 2. The number of halogens is 2. The maximum absolute atomic E-state index is 13.6. The summed E-state index contributed by atoms with van der Waals surface area (Å²) in [7, 11) is -4.36. The first-order chi connectivity index (χ1) is 18.9. The van der Waals surface area contributed by atoms with E-state index in [1.54, 1.807) is 12.1 Å². The van der Waals surface area contributed by atoms with Crippen molar-refractivity contribution in [2.24, 2.45) is 0 Å². The summed E-state index contributed by atoms with van der Waals surface area (Å²) in [6, 6.07) is 9.93. The van der Waals surface area contributed by atoms with Crippen LogP contribution in [0.15, 0.2) is 46.9 Å². The third kappa shape index (κ3) is 5.15. The molecule has 0 bridgehead atoms. The average molecular weight is 639 g/mol. The number of hydrogen-bond acceptors (Lipinski definition) is 7. The summed E-state index contributed by atoms with van der Waals surface area (Å²) < 4.78 is 47.0. The zero-order chi connectivity index (χ0) is 28.8. The normalized spacial score (nSPS) is 22.4. The lowest BCUT2D eigenvalue weighted by molar-refractivity contribution is -0.143. The van der Waals surface area contributed by atoms with Gasteiger partial charge in [0.05, 0.1) is 0 Å². The smallest absolute Gasteiger partial charge is 0.419 e. The lowest BCUT2D eigenvalue weighted by atomic mass is 9.95. The Balaban J connectivity index is 1.38. The van der Waals surface area contributed by atoms with Crippen LogP contribution in [0.25, 0.3) is 0 Å². The lowest BCUT2D eigenvalue weighted by Gasteiger charge is -2.30. The highest BCUT2D eigenvalue weighted by molar-refractivity contribution is 9.10. The van der Waals surface area contributed by atoms with E-state index < -0.39 is 58.2 Å². The van der Waals surface area contributed by atoms with Crippen molar-refractivity contribution in [3.63, 3.8) is 0 Å². The molecular formula is C25H24BrFN4O8S. The molecule has 212 valence electrons. The van der Waals surface area contributed by atoms with Gasteiger partial charge >= 0.3 is 22.4 Å². The number of nitrogens with zero attached hydrogens (tertiary/aromatic N) is 3. The molecule has 0 saturated carbocycles. The van der Waals surface area contributed by atoms with Gasteiger partial charge < -0.3 is 14.7 Å². The van der Waals surface area contributed by atoms with E-state index in [1.807, 2.05) is 6.07 Å². The second-order valence-electron chi connectivity index (χ2n) is 9.75. The Labute approximate surface area is 237 Å². The fourth-order valence-corrected chi connectivity index (χ4v) is 6.89. The molecule has 4 amide bonds. The monoisotopic (exact) mass is 638 g/mol. The summed E-state index contributed by atoms with van der Waals surface area (Å²) in [4.78, 5) is 53.1. The first kappa shape index (κ1) is 28.0. The van der Waals surface area contributed by atoms with Gasteiger partial charge in [-0.05, 0) is 48.2 Å². The Morgan fingerprint density at radius 3 is 2.62 bits per heavy atom. The molecular weight excluding hydrogens is 615 g/mol. The van der Waals surface area contributed by atoms with Crippen LogP contribution in [0.4, 0.5) is 14.0 Å². The molecule has 1 aliphatic carbocycles. The number of imide groups is 1. The fourth-order valence-electron chi connectivity index (χ4n) is 5.41. The molecule has 2 aromatic carbocycles. The second-order valence-corrected chi connectivity index (χ2v) is 12.3. The Hall–Kier alpha value is -3.56. The number of carbonyl (C=O) groups is 4. The summed E-state index contributed by atoms with van der Waals surface area (Å²) in [6.07, 6.45) is -1.80. The van der Waals surface area contributed by atoms with Crippen LogP contribution in [0.1, 0.15) is 29.5 Å². The predicted octanol–water partition coefficient (Wildman–Crippen LogP) is 2.32. The molecule has 2 aromatic rings. The van der Waals surface area contributed by atoms with Crippen molar-refractivity contribution >= 4 is 50.1 Å². The van der Waals surface area contributed by atoms with E-state index in [9.17, 15) is 32.0 Å². The maximum atomic E-state index is 13.6. The Kier molecular flexibility index (Phi) is 7.31. The van der Waals surface area contributed by atoms with E-state index in [0.29, 0.717) is 17.5 Å². The molecule has 2 fully saturated rings. The van der Waals surface area contributed by atoms with E-state index in [0.717, 1.165) is 19.2 Å². The summed E-state index contributed by atoms with van der Waals surface area (Å²) in [5.41, 5.74) is 0.427. The number of hydrogen-bond donors (Lipinski definition) is 2. The van der Waals surface area contributed by atoms with Gasteiger partial charge in [0.2, 0.25) is 11.5 Å². The SMILES string of the molecule is O=C(O)NS(=O)(=O)N1CC[C@@H](N(Cc2ccc(F)cc2)C(=O)CN2C(=O)O[C@@]3(CCc4cc(Br)ccc43)C2=O)C1. The Morgan fingerprint density at radius 2 is 1.93 bits per heavy atom. The van der Waals surface area contributed by atoms with Crippen molar-refractivity contribution < 1.29 is 41.8 Å². The summed E-state index contributed by atoms with van der Waals surface area (Å²) in [6.45, 7) is -1.01. The number of nitrogens with one attached hydrogen (secondary N) is 1. The minimum atomic E-state index is -4.36. The topological polar surface area (TPSA) is 154 Å². The number of carboxylic acid groups (broad SMARTS) is 1. The number of ether oxygens (including phenoxy) is 1. The largest absolute Gasteiger partial charge is 0.464 e. The molecule has 2 saturated heterocycles. The van der Waals surface area contributed by atoms with Crippen molar-refractivity contribution in [3.8, 4) is 0 Å². The van der Waals surface area contributed by atoms with Gasteiger partial charge in [-0.25, -0.2) is 23.6 Å². The molecule has 0 aromatic heterocycles. The van der Waals surface area contributed by atoms with E-state index >= 15 is 0 Å². The first-order valence-electron chi connectivity index (χ1n) is 12.3. The number of rotatable bonds is 7. The maximum Gasteiger partial charge on any atom is 0.419 e. The van der Waals surface area contributed by atoms with Crippen LogP contribution < -0.4 is 4.72 Å². The molecule has 40 heavy (non-hydrogen) atoms. The minimum absolute atomic E-state index is 0.0664. The first-order valence-corrected chi connectivity index (χ1v) is 14.5. The van der Waals surface area contributed by atoms with E-state index in [-0.39, 0.29) is 32.5 Å². The predicted molar refractivity (Wildman–Crippen MR) is 139 cm³/mol. The van der Waals surface area contributed by atoms with Crippen molar-refractivity contribution in [1.29, 1.82) is 0 Å². The van der Waals surface area contributed by atoms with Gasteiger partial charge in [-0.15, -0.1) is 0 Å². The average Bonchev–Trinajstić information content (AvgIpc) is 3.57. The Bertz CT molecular complexity index is 1500. The van der Waals surface area contributed by atoms with E-state index in [1.165, 1.54) is 33.9 Å². The molecule has 1 spiro atoms. The molecule has 2 aliphatic heterocycles. The summed E-state index contributed by atoms with van der Waals surface area (Å²) in [5.74, 6) is -1.80. The highest BCUT2D eigenvalue weighted by Crippen LogP contribution is 2.46. The number of aryl methyl sites for hydroxylation is 1. The highest BCUT2D eigenvalue weighted by atomic mass is 79.9. The van der Waals surface area contributed by atoms with Crippen molar-refractivity contribution in [1.82, 2.24) is 18.8 Å². The summed E-state index contributed by atoms with van der Waals surface area (Å²) in [5, 5.41) is 8.87. The Morgan fingerprint density at radius 1 is 1.20 bits per heavy atom. The van der Waals surface area contributed by atoms with Crippen molar-refractivity contribution in [2.45, 2.75) is 37.5 Å². The fraction of sp³-hybridized carbons (Fsp3) is 0.360. The molecule has 15 heteroatoms. The van der Waals surface area contributed by atoms with E-state index in [2.05, 4.69) is 15.9 Å². The van der Waals surface area contributed by atoms with Crippen LogP contribution in [0.3, 0.4) is 0 Å². The molecule has 2 heterocycles. The molecule has 12 nitrogen and oxygen atoms in total. The second kappa shape index (κ2) is 10.4. The van der Waals surface area contributed by atoms with Gasteiger partial charge in [0, 0.05) is 42.1 Å². The zero-order valence-corrected chi connectivity index (χ0v) is 23.3. The van der Waals surface area contributed by atoms with Crippen LogP contribution in [-0.4, -0.2) is 77.3 Å². The van der Waals surface area contributed by atoms with Gasteiger partial charge in [-0.3, -0.25) is 9.59 Å². The van der Waals surface area contributed by atoms with Gasteiger partial charge in [-0.2, -0.15) is 12.7 Å². The van der Waals surface area contributed by atoms with Crippen molar-refractivity contribution in [2.75, 3.05) is 19.6 Å². The van der Waals surface area contributed by atoms with Crippen LogP contribution >= 0.6 is 15.9 Å². The van der Waals surface area contributed by atoms with Gasteiger partial charge in [0.15, 0.2) is 0 Å². The van der Waals surface area contributed by atoms with Gasteiger partial charge in [0.1, 0.15) is 12.4 Å². The van der Waals surface area contributed by atoms with Gasteiger partial charge in [0.25, 0.3) is 5.91 Å². The molecule has 3 aliphatic rings. The molecule has 2 atom stereocenters. The quantitative estimate of drug-likeness (QED) is 0.468. The third-order valence-electron chi connectivity index (χ3n) is 7.32. The molecule has 2 N–H and O–H groups in total. The third-order valence-corrected chi connectivity index (χ3v) is 9.26. The van der Waals surface area contributed by atoms with E-state index in [4.69, 9.17) is 9.84 Å². The zero-order valence-electron chi connectivity index (χ0n) is 20.9. The lowest BCUT2D eigenvalue weighted by Crippen LogP contribution is -2.49.